The lowest BCUT2D eigenvalue weighted by molar-refractivity contribution is -0.117. The number of para-hydroxylation sites is 2. The van der Waals surface area contributed by atoms with Gasteiger partial charge in [-0.3, -0.25) is 4.79 Å². The summed E-state index contributed by atoms with van der Waals surface area (Å²) in [6, 6.07) is 24.5. The number of benzene rings is 3. The first-order valence-corrected chi connectivity index (χ1v) is 14.0. The molecule has 3 aromatic carbocycles. The van der Waals surface area contributed by atoms with Gasteiger partial charge in [0.2, 0.25) is 5.91 Å². The van der Waals surface area contributed by atoms with E-state index in [1.165, 1.54) is 5.56 Å². The molecule has 4 aromatic rings. The van der Waals surface area contributed by atoms with Crippen LogP contribution >= 0.6 is 0 Å². The molecular weight excluding hydrogens is 486 g/mol. The first-order valence-electron chi connectivity index (χ1n) is 14.0. The van der Waals surface area contributed by atoms with Crippen molar-refractivity contribution in [2.75, 3.05) is 24.7 Å². The number of nitrogens with zero attached hydrogens (tertiary/aromatic N) is 3. The summed E-state index contributed by atoms with van der Waals surface area (Å²) in [6.07, 6.45) is 2.37. The van der Waals surface area contributed by atoms with Crippen LogP contribution in [-0.4, -0.2) is 35.2 Å². The molecule has 5 rings (SSSR count). The van der Waals surface area contributed by atoms with Crippen LogP contribution in [0.1, 0.15) is 64.3 Å². The molecule has 1 amide bonds. The third-order valence-electron chi connectivity index (χ3n) is 7.40. The van der Waals surface area contributed by atoms with Gasteiger partial charge < -0.3 is 18.9 Å². The third kappa shape index (κ3) is 6.11. The van der Waals surface area contributed by atoms with Gasteiger partial charge in [-0.15, -0.1) is 0 Å². The molecule has 0 radical (unpaired) electrons. The summed E-state index contributed by atoms with van der Waals surface area (Å²) >= 11 is 0. The number of imidazole rings is 1. The lowest BCUT2D eigenvalue weighted by Gasteiger charge is -2.19. The summed E-state index contributed by atoms with van der Waals surface area (Å²) in [5.41, 5.74) is 4.45. The smallest absolute Gasteiger partial charge is 0.227 e. The lowest BCUT2D eigenvalue weighted by Crippen LogP contribution is -2.24. The van der Waals surface area contributed by atoms with Crippen LogP contribution in [0.4, 0.5) is 5.69 Å². The Morgan fingerprint density at radius 1 is 0.897 bits per heavy atom. The largest absolute Gasteiger partial charge is 0.494 e. The topological polar surface area (TPSA) is 56.6 Å². The number of amides is 1. The zero-order valence-corrected chi connectivity index (χ0v) is 23.5. The average molecular weight is 526 g/mol. The van der Waals surface area contributed by atoms with Gasteiger partial charge >= 0.3 is 0 Å². The Labute approximate surface area is 231 Å². The van der Waals surface area contributed by atoms with E-state index in [9.17, 15) is 4.79 Å². The van der Waals surface area contributed by atoms with E-state index < -0.39 is 0 Å². The van der Waals surface area contributed by atoms with E-state index in [1.54, 1.807) is 0 Å². The monoisotopic (exact) mass is 525 g/mol. The van der Waals surface area contributed by atoms with Crippen LogP contribution in [0.2, 0.25) is 0 Å². The van der Waals surface area contributed by atoms with Gasteiger partial charge in [0.15, 0.2) is 0 Å². The standard InChI is InChI=1S/C33H39N3O3/c1-5-38-27-18-14-26(15-19-27)36-23-24(22-31(36)37)32-34-29-10-6-7-11-30(29)35(32)20-8-9-21-39-28-16-12-25(13-17-28)33(2,3)4/h6-7,10-19,24H,5,8-9,20-23H2,1-4H3. The Kier molecular flexibility index (Phi) is 7.92. The van der Waals surface area contributed by atoms with Crippen molar-refractivity contribution < 1.29 is 14.3 Å². The van der Waals surface area contributed by atoms with Gasteiger partial charge in [0.25, 0.3) is 0 Å². The highest BCUT2D eigenvalue weighted by atomic mass is 16.5. The first kappa shape index (κ1) is 26.8. The van der Waals surface area contributed by atoms with Crippen molar-refractivity contribution in [3.63, 3.8) is 0 Å². The highest BCUT2D eigenvalue weighted by molar-refractivity contribution is 5.96. The molecule has 0 saturated carbocycles. The SMILES string of the molecule is CCOc1ccc(N2CC(c3nc4ccccc4n3CCCCOc3ccc(C(C)(C)C)cc3)CC2=O)cc1. The maximum Gasteiger partial charge on any atom is 0.227 e. The lowest BCUT2D eigenvalue weighted by atomic mass is 9.87. The van der Waals surface area contributed by atoms with Gasteiger partial charge in [0.05, 0.1) is 24.2 Å². The number of hydrogen-bond acceptors (Lipinski definition) is 4. The number of rotatable bonds is 10. The van der Waals surface area contributed by atoms with E-state index in [2.05, 4.69) is 67.8 Å². The fraction of sp³-hybridized carbons (Fsp3) is 0.394. The van der Waals surface area contributed by atoms with Gasteiger partial charge in [-0.25, -0.2) is 4.98 Å². The molecule has 1 aliphatic rings. The van der Waals surface area contributed by atoms with Crippen LogP contribution in [0.3, 0.4) is 0 Å². The minimum absolute atomic E-state index is 0.0500. The van der Waals surface area contributed by atoms with Crippen molar-refractivity contribution in [3.05, 3.63) is 84.2 Å². The fourth-order valence-corrected chi connectivity index (χ4v) is 5.27. The number of aryl methyl sites for hydroxylation is 1. The Morgan fingerprint density at radius 3 is 2.31 bits per heavy atom. The molecule has 1 saturated heterocycles. The van der Waals surface area contributed by atoms with Gasteiger partial charge in [-0.05, 0) is 79.3 Å². The van der Waals surface area contributed by atoms with E-state index in [-0.39, 0.29) is 17.2 Å². The molecule has 6 heteroatoms. The van der Waals surface area contributed by atoms with E-state index in [0.29, 0.717) is 26.2 Å². The van der Waals surface area contributed by atoms with E-state index in [1.807, 2.05) is 42.2 Å². The predicted octanol–water partition coefficient (Wildman–Crippen LogP) is 7.11. The van der Waals surface area contributed by atoms with Crippen LogP contribution in [0.15, 0.2) is 72.8 Å². The number of fused-ring (bicyclic) bond motifs is 1. The molecule has 204 valence electrons. The minimum Gasteiger partial charge on any atom is -0.494 e. The van der Waals surface area contributed by atoms with Gasteiger partial charge in [0.1, 0.15) is 17.3 Å². The number of hydrogen-bond donors (Lipinski definition) is 0. The molecule has 1 unspecified atom stereocenters. The van der Waals surface area contributed by atoms with E-state index in [4.69, 9.17) is 14.5 Å². The molecule has 6 nitrogen and oxygen atoms in total. The van der Waals surface area contributed by atoms with Crippen LogP contribution in [0.25, 0.3) is 11.0 Å². The maximum absolute atomic E-state index is 13.0. The molecule has 1 aromatic heterocycles. The van der Waals surface area contributed by atoms with Crippen molar-refractivity contribution in [3.8, 4) is 11.5 Å². The second-order valence-electron chi connectivity index (χ2n) is 11.3. The number of ether oxygens (including phenoxy) is 2. The zero-order valence-electron chi connectivity index (χ0n) is 23.5. The normalized spacial score (nSPS) is 15.7. The van der Waals surface area contributed by atoms with Crippen LogP contribution in [-0.2, 0) is 16.8 Å². The highest BCUT2D eigenvalue weighted by Gasteiger charge is 2.34. The van der Waals surface area contributed by atoms with Crippen molar-refractivity contribution in [1.29, 1.82) is 0 Å². The summed E-state index contributed by atoms with van der Waals surface area (Å²) in [4.78, 5) is 19.9. The van der Waals surface area contributed by atoms with Crippen molar-refractivity contribution >= 4 is 22.6 Å². The van der Waals surface area contributed by atoms with Crippen molar-refractivity contribution in [1.82, 2.24) is 9.55 Å². The molecule has 0 aliphatic carbocycles. The van der Waals surface area contributed by atoms with E-state index >= 15 is 0 Å². The summed E-state index contributed by atoms with van der Waals surface area (Å²) in [6.45, 7) is 11.4. The van der Waals surface area contributed by atoms with Crippen LogP contribution in [0, 0.1) is 0 Å². The van der Waals surface area contributed by atoms with Crippen molar-refractivity contribution in [2.45, 2.75) is 64.8 Å². The molecule has 39 heavy (non-hydrogen) atoms. The molecule has 0 N–H and O–H groups in total. The average Bonchev–Trinajstić information content (AvgIpc) is 3.49. The second kappa shape index (κ2) is 11.5. The quantitative estimate of drug-likeness (QED) is 0.207. The maximum atomic E-state index is 13.0. The summed E-state index contributed by atoms with van der Waals surface area (Å²) in [7, 11) is 0. The number of carbonyl (C=O) groups excluding carboxylic acids is 1. The van der Waals surface area contributed by atoms with Gasteiger partial charge in [0, 0.05) is 31.1 Å². The summed E-state index contributed by atoms with van der Waals surface area (Å²) in [5.74, 6) is 2.91. The number of carbonyl (C=O) groups is 1. The highest BCUT2D eigenvalue weighted by Crippen LogP contribution is 2.34. The molecular formula is C33H39N3O3. The molecule has 1 atom stereocenters. The Balaban J connectivity index is 1.24. The number of aromatic nitrogens is 2. The number of unbranched alkanes of at least 4 members (excludes halogenated alkanes) is 1. The van der Waals surface area contributed by atoms with Gasteiger partial charge in [-0.2, -0.15) is 0 Å². The zero-order chi connectivity index (χ0) is 27.4. The molecule has 0 spiro atoms. The van der Waals surface area contributed by atoms with Crippen LogP contribution < -0.4 is 14.4 Å². The predicted molar refractivity (Wildman–Crippen MR) is 157 cm³/mol. The van der Waals surface area contributed by atoms with E-state index in [0.717, 1.165) is 53.4 Å². The van der Waals surface area contributed by atoms with Crippen molar-refractivity contribution in [2.24, 2.45) is 0 Å². The Bertz CT molecular complexity index is 1400. The molecule has 2 heterocycles. The number of anilines is 1. The van der Waals surface area contributed by atoms with Gasteiger partial charge in [-0.1, -0.05) is 45.0 Å². The second-order valence-corrected chi connectivity index (χ2v) is 11.3. The Morgan fingerprint density at radius 2 is 1.59 bits per heavy atom. The Hall–Kier alpha value is -3.80. The van der Waals surface area contributed by atoms with Crippen LogP contribution in [0.5, 0.6) is 11.5 Å². The fourth-order valence-electron chi connectivity index (χ4n) is 5.27. The first-order chi connectivity index (χ1) is 18.8. The summed E-state index contributed by atoms with van der Waals surface area (Å²) in [5, 5.41) is 0. The third-order valence-corrected chi connectivity index (χ3v) is 7.40. The molecule has 1 aliphatic heterocycles. The molecule has 1 fully saturated rings. The molecule has 0 bridgehead atoms. The minimum atomic E-state index is 0.0500. The summed E-state index contributed by atoms with van der Waals surface area (Å²) < 4.78 is 13.9.